The van der Waals surface area contributed by atoms with Crippen LogP contribution in [0.5, 0.6) is 0 Å². The number of rotatable bonds is 4. The number of carbonyl (C=O) groups is 1. The van der Waals surface area contributed by atoms with Gasteiger partial charge in [-0.2, -0.15) is 0 Å². The third-order valence-electron chi connectivity index (χ3n) is 2.56. The summed E-state index contributed by atoms with van der Waals surface area (Å²) in [5.41, 5.74) is 0.802. The molecule has 2 aromatic rings. The van der Waals surface area contributed by atoms with E-state index in [2.05, 4.69) is 15.9 Å². The SMILES string of the molecule is CCCC(=O)c1ccc(-c2ccc(Br)c(F)c2)s1. The molecule has 0 saturated heterocycles. The number of benzene rings is 1. The Kier molecular flexibility index (Phi) is 4.30. The minimum absolute atomic E-state index is 0.159. The molecule has 0 bridgehead atoms. The van der Waals surface area contributed by atoms with E-state index in [4.69, 9.17) is 0 Å². The van der Waals surface area contributed by atoms with Gasteiger partial charge in [0.1, 0.15) is 5.82 Å². The van der Waals surface area contributed by atoms with E-state index in [0.717, 1.165) is 21.7 Å². The molecule has 0 aliphatic rings. The van der Waals surface area contributed by atoms with Crippen LogP contribution in [0.3, 0.4) is 0 Å². The molecule has 0 amide bonds. The van der Waals surface area contributed by atoms with Crippen molar-refractivity contribution in [3.63, 3.8) is 0 Å². The number of hydrogen-bond donors (Lipinski definition) is 0. The van der Waals surface area contributed by atoms with Crippen LogP contribution >= 0.6 is 27.3 Å². The van der Waals surface area contributed by atoms with Crippen molar-refractivity contribution < 1.29 is 9.18 Å². The van der Waals surface area contributed by atoms with E-state index in [1.807, 2.05) is 25.1 Å². The maximum absolute atomic E-state index is 13.4. The Morgan fingerprint density at radius 2 is 2.11 bits per heavy atom. The summed E-state index contributed by atoms with van der Waals surface area (Å²) in [7, 11) is 0. The van der Waals surface area contributed by atoms with Crippen molar-refractivity contribution in [1.82, 2.24) is 0 Å². The van der Waals surface area contributed by atoms with Gasteiger partial charge in [0.2, 0.25) is 0 Å². The first kappa shape index (κ1) is 13.4. The van der Waals surface area contributed by atoms with Gasteiger partial charge in [0, 0.05) is 11.3 Å². The maximum atomic E-state index is 13.4. The molecule has 0 unspecified atom stereocenters. The first-order valence-corrected chi connectivity index (χ1v) is 7.31. The van der Waals surface area contributed by atoms with Gasteiger partial charge in [-0.05, 0) is 52.2 Å². The molecule has 2 rings (SSSR count). The molecule has 0 fully saturated rings. The number of hydrogen-bond acceptors (Lipinski definition) is 2. The van der Waals surface area contributed by atoms with Crippen molar-refractivity contribution in [3.05, 3.63) is 45.5 Å². The van der Waals surface area contributed by atoms with E-state index < -0.39 is 0 Å². The lowest BCUT2D eigenvalue weighted by atomic mass is 10.2. The molecule has 18 heavy (non-hydrogen) atoms. The zero-order valence-electron chi connectivity index (χ0n) is 9.87. The second-order valence-electron chi connectivity index (χ2n) is 3.97. The molecular formula is C14H12BrFOS. The van der Waals surface area contributed by atoms with E-state index in [1.54, 1.807) is 6.07 Å². The zero-order valence-corrected chi connectivity index (χ0v) is 12.3. The van der Waals surface area contributed by atoms with Crippen LogP contribution in [0.2, 0.25) is 0 Å². The minimum atomic E-state index is -0.290. The Balaban J connectivity index is 2.29. The Morgan fingerprint density at radius 3 is 2.78 bits per heavy atom. The summed E-state index contributed by atoms with van der Waals surface area (Å²) >= 11 is 4.54. The van der Waals surface area contributed by atoms with Crippen LogP contribution in [0.15, 0.2) is 34.8 Å². The molecule has 0 spiro atoms. The Bertz CT molecular complexity index is 577. The predicted molar refractivity (Wildman–Crippen MR) is 76.7 cm³/mol. The van der Waals surface area contributed by atoms with Crippen molar-refractivity contribution >= 4 is 33.0 Å². The van der Waals surface area contributed by atoms with Crippen LogP contribution in [0.4, 0.5) is 4.39 Å². The molecule has 94 valence electrons. The number of carbonyl (C=O) groups excluding carboxylic acids is 1. The van der Waals surface area contributed by atoms with Gasteiger partial charge >= 0.3 is 0 Å². The number of Topliss-reactive ketones (excluding diaryl/α,β-unsaturated/α-hetero) is 1. The van der Waals surface area contributed by atoms with Gasteiger partial charge in [-0.25, -0.2) is 4.39 Å². The number of ketones is 1. The Hall–Kier alpha value is -1.00. The van der Waals surface area contributed by atoms with Gasteiger partial charge in [-0.3, -0.25) is 4.79 Å². The predicted octanol–water partition coefficient (Wildman–Crippen LogP) is 5.30. The monoisotopic (exact) mass is 326 g/mol. The van der Waals surface area contributed by atoms with Crippen molar-refractivity contribution in [2.75, 3.05) is 0 Å². The lowest BCUT2D eigenvalue weighted by molar-refractivity contribution is 0.0985. The summed E-state index contributed by atoms with van der Waals surface area (Å²) in [6.07, 6.45) is 1.41. The molecule has 0 aliphatic heterocycles. The molecule has 0 saturated carbocycles. The van der Waals surface area contributed by atoms with Crippen LogP contribution in [-0.4, -0.2) is 5.78 Å². The first-order valence-electron chi connectivity index (χ1n) is 5.70. The summed E-state index contributed by atoms with van der Waals surface area (Å²) in [5, 5.41) is 0. The van der Waals surface area contributed by atoms with Gasteiger partial charge in [0.25, 0.3) is 0 Å². The maximum Gasteiger partial charge on any atom is 0.172 e. The summed E-state index contributed by atoms with van der Waals surface area (Å²) < 4.78 is 13.9. The summed E-state index contributed by atoms with van der Waals surface area (Å²) in [4.78, 5) is 13.4. The van der Waals surface area contributed by atoms with Gasteiger partial charge in [0.05, 0.1) is 9.35 Å². The third kappa shape index (κ3) is 2.87. The highest BCUT2D eigenvalue weighted by molar-refractivity contribution is 9.10. The highest BCUT2D eigenvalue weighted by Gasteiger charge is 2.10. The fraction of sp³-hybridized carbons (Fsp3) is 0.214. The fourth-order valence-electron chi connectivity index (χ4n) is 1.64. The molecule has 0 N–H and O–H groups in total. The highest BCUT2D eigenvalue weighted by atomic mass is 79.9. The average molecular weight is 327 g/mol. The molecule has 1 nitrogen and oxygen atoms in total. The highest BCUT2D eigenvalue weighted by Crippen LogP contribution is 2.31. The van der Waals surface area contributed by atoms with Crippen LogP contribution in [-0.2, 0) is 0 Å². The molecule has 1 aromatic heterocycles. The van der Waals surface area contributed by atoms with Crippen molar-refractivity contribution in [3.8, 4) is 10.4 Å². The van der Waals surface area contributed by atoms with Gasteiger partial charge in [-0.1, -0.05) is 13.0 Å². The molecule has 1 heterocycles. The van der Waals surface area contributed by atoms with Crippen LogP contribution in [0.1, 0.15) is 29.4 Å². The molecule has 0 atom stereocenters. The second-order valence-corrected chi connectivity index (χ2v) is 5.90. The minimum Gasteiger partial charge on any atom is -0.293 e. The lowest BCUT2D eigenvalue weighted by Gasteiger charge is -1.99. The summed E-state index contributed by atoms with van der Waals surface area (Å²) in [6.45, 7) is 1.98. The molecule has 0 aliphatic carbocycles. The number of thiophene rings is 1. The standard InChI is InChI=1S/C14H12BrFOS/c1-2-3-12(17)14-7-6-13(18-14)9-4-5-10(15)11(16)8-9/h4-8H,2-3H2,1H3. The lowest BCUT2D eigenvalue weighted by Crippen LogP contribution is -1.93. The molecule has 4 heteroatoms. The first-order chi connectivity index (χ1) is 8.61. The largest absolute Gasteiger partial charge is 0.293 e. The molecular weight excluding hydrogens is 315 g/mol. The van der Waals surface area contributed by atoms with Crippen LogP contribution in [0.25, 0.3) is 10.4 Å². The van der Waals surface area contributed by atoms with Crippen molar-refractivity contribution in [2.24, 2.45) is 0 Å². The third-order valence-corrected chi connectivity index (χ3v) is 4.38. The normalized spacial score (nSPS) is 10.6. The average Bonchev–Trinajstić information content (AvgIpc) is 2.82. The second kappa shape index (κ2) is 5.76. The van der Waals surface area contributed by atoms with E-state index >= 15 is 0 Å². The zero-order chi connectivity index (χ0) is 13.1. The summed E-state index contributed by atoms with van der Waals surface area (Å²) in [6, 6.07) is 8.68. The smallest absolute Gasteiger partial charge is 0.172 e. The van der Waals surface area contributed by atoms with Gasteiger partial charge in [-0.15, -0.1) is 11.3 Å². The summed E-state index contributed by atoms with van der Waals surface area (Å²) in [5.74, 6) is -0.131. The Morgan fingerprint density at radius 1 is 1.33 bits per heavy atom. The van der Waals surface area contributed by atoms with E-state index in [1.165, 1.54) is 17.4 Å². The van der Waals surface area contributed by atoms with Crippen LogP contribution < -0.4 is 0 Å². The fourth-order valence-corrected chi connectivity index (χ4v) is 2.86. The van der Waals surface area contributed by atoms with Crippen molar-refractivity contribution in [1.29, 1.82) is 0 Å². The number of halogens is 2. The van der Waals surface area contributed by atoms with Gasteiger partial charge < -0.3 is 0 Å². The van der Waals surface area contributed by atoms with E-state index in [9.17, 15) is 9.18 Å². The van der Waals surface area contributed by atoms with E-state index in [-0.39, 0.29) is 11.6 Å². The molecule has 0 radical (unpaired) electrons. The van der Waals surface area contributed by atoms with Crippen LogP contribution in [0, 0.1) is 5.82 Å². The van der Waals surface area contributed by atoms with E-state index in [0.29, 0.717) is 10.9 Å². The topological polar surface area (TPSA) is 17.1 Å². The van der Waals surface area contributed by atoms with Crippen molar-refractivity contribution in [2.45, 2.75) is 19.8 Å². The quantitative estimate of drug-likeness (QED) is 0.697. The molecule has 1 aromatic carbocycles. The Labute approximate surface area is 118 Å². The van der Waals surface area contributed by atoms with Gasteiger partial charge in [0.15, 0.2) is 5.78 Å².